The molecule has 1 aliphatic rings. The molecule has 0 radical (unpaired) electrons. The molecular formula is C51H35NO. The van der Waals surface area contributed by atoms with Crippen molar-refractivity contribution >= 4 is 71.3 Å². The van der Waals surface area contributed by atoms with Crippen LogP contribution in [-0.4, -0.2) is 0 Å². The van der Waals surface area contributed by atoms with Crippen LogP contribution < -0.4 is 4.90 Å². The van der Waals surface area contributed by atoms with Crippen LogP contribution in [0.5, 0.6) is 0 Å². The van der Waals surface area contributed by atoms with Crippen molar-refractivity contribution in [2.75, 3.05) is 4.90 Å². The summed E-state index contributed by atoms with van der Waals surface area (Å²) in [6, 6.07) is 64.2. The van der Waals surface area contributed by atoms with Crippen LogP contribution in [0.1, 0.15) is 25.0 Å². The average molecular weight is 678 g/mol. The van der Waals surface area contributed by atoms with E-state index in [-0.39, 0.29) is 5.41 Å². The molecule has 0 atom stereocenters. The molecular weight excluding hydrogens is 643 g/mol. The third-order valence-corrected chi connectivity index (χ3v) is 11.6. The number of benzene rings is 9. The largest absolute Gasteiger partial charge is 0.456 e. The first-order valence-electron chi connectivity index (χ1n) is 18.4. The summed E-state index contributed by atoms with van der Waals surface area (Å²) in [5.41, 5.74) is 12.9. The lowest BCUT2D eigenvalue weighted by atomic mass is 9.82. The maximum Gasteiger partial charge on any atom is 0.136 e. The molecule has 2 heteroatoms. The van der Waals surface area contributed by atoms with Gasteiger partial charge in [0.15, 0.2) is 0 Å². The molecule has 0 saturated heterocycles. The van der Waals surface area contributed by atoms with Gasteiger partial charge < -0.3 is 9.32 Å². The van der Waals surface area contributed by atoms with Gasteiger partial charge in [-0.25, -0.2) is 0 Å². The van der Waals surface area contributed by atoms with E-state index in [1.54, 1.807) is 0 Å². The number of rotatable bonds is 4. The molecule has 11 rings (SSSR count). The topological polar surface area (TPSA) is 16.4 Å². The highest BCUT2D eigenvalue weighted by Gasteiger charge is 2.36. The highest BCUT2D eigenvalue weighted by Crippen LogP contribution is 2.51. The summed E-state index contributed by atoms with van der Waals surface area (Å²) in [7, 11) is 0. The second-order valence-electron chi connectivity index (χ2n) is 14.9. The van der Waals surface area contributed by atoms with E-state index >= 15 is 0 Å². The molecule has 53 heavy (non-hydrogen) atoms. The zero-order chi connectivity index (χ0) is 35.3. The van der Waals surface area contributed by atoms with Crippen molar-refractivity contribution in [1.82, 2.24) is 0 Å². The molecule has 1 aliphatic carbocycles. The van der Waals surface area contributed by atoms with Gasteiger partial charge in [0.2, 0.25) is 0 Å². The lowest BCUT2D eigenvalue weighted by Crippen LogP contribution is -2.16. The predicted molar refractivity (Wildman–Crippen MR) is 224 cm³/mol. The van der Waals surface area contributed by atoms with Crippen molar-refractivity contribution in [2.24, 2.45) is 0 Å². The van der Waals surface area contributed by atoms with Gasteiger partial charge in [0.25, 0.3) is 0 Å². The van der Waals surface area contributed by atoms with Crippen LogP contribution in [-0.2, 0) is 5.41 Å². The van der Waals surface area contributed by atoms with Gasteiger partial charge >= 0.3 is 0 Å². The Morgan fingerprint density at radius 2 is 1.04 bits per heavy atom. The number of para-hydroxylation sites is 3. The molecule has 0 amide bonds. The van der Waals surface area contributed by atoms with Gasteiger partial charge in [-0.15, -0.1) is 0 Å². The second kappa shape index (κ2) is 11.2. The average Bonchev–Trinajstić information content (AvgIpc) is 3.70. The molecule has 0 spiro atoms. The zero-order valence-electron chi connectivity index (χ0n) is 29.6. The fourth-order valence-corrected chi connectivity index (χ4v) is 9.17. The molecule has 9 aromatic carbocycles. The van der Waals surface area contributed by atoms with Crippen LogP contribution in [0.25, 0.3) is 76.5 Å². The molecule has 1 heterocycles. The normalized spacial score (nSPS) is 13.2. The number of nitrogens with zero attached hydrogens (tertiary/aromatic N) is 1. The van der Waals surface area contributed by atoms with E-state index in [1.807, 2.05) is 6.07 Å². The van der Waals surface area contributed by atoms with Crippen molar-refractivity contribution in [2.45, 2.75) is 19.3 Å². The first-order chi connectivity index (χ1) is 26.1. The zero-order valence-corrected chi connectivity index (χ0v) is 29.6. The molecule has 250 valence electrons. The summed E-state index contributed by atoms with van der Waals surface area (Å²) in [5, 5.41) is 9.80. The minimum atomic E-state index is -0.0995. The van der Waals surface area contributed by atoms with E-state index in [9.17, 15) is 0 Å². The fraction of sp³-hybridized carbons (Fsp3) is 0.0588. The Bertz CT molecular complexity index is 3090. The number of anilines is 3. The monoisotopic (exact) mass is 677 g/mol. The number of furan rings is 1. The Morgan fingerprint density at radius 3 is 1.91 bits per heavy atom. The molecule has 0 aliphatic heterocycles. The summed E-state index contributed by atoms with van der Waals surface area (Å²) in [5.74, 6) is 0. The van der Waals surface area contributed by atoms with Gasteiger partial charge in [0, 0.05) is 38.5 Å². The van der Waals surface area contributed by atoms with Crippen molar-refractivity contribution in [3.8, 4) is 22.3 Å². The number of fused-ring (bicyclic) bond motifs is 13. The summed E-state index contributed by atoms with van der Waals surface area (Å²) >= 11 is 0. The third kappa shape index (κ3) is 4.33. The Morgan fingerprint density at radius 1 is 0.396 bits per heavy atom. The van der Waals surface area contributed by atoms with Crippen molar-refractivity contribution < 1.29 is 4.42 Å². The first kappa shape index (κ1) is 30.0. The second-order valence-corrected chi connectivity index (χ2v) is 14.9. The molecule has 0 fully saturated rings. The lowest BCUT2D eigenvalue weighted by Gasteiger charge is -2.30. The molecule has 0 N–H and O–H groups in total. The van der Waals surface area contributed by atoms with Gasteiger partial charge in [0.05, 0.1) is 5.69 Å². The van der Waals surface area contributed by atoms with Crippen molar-refractivity contribution in [3.05, 3.63) is 187 Å². The highest BCUT2D eigenvalue weighted by molar-refractivity contribution is 6.34. The Labute approximate surface area is 308 Å². The van der Waals surface area contributed by atoms with Crippen LogP contribution in [0, 0.1) is 0 Å². The summed E-state index contributed by atoms with van der Waals surface area (Å²) in [6.45, 7) is 4.71. The lowest BCUT2D eigenvalue weighted by molar-refractivity contribution is 0.660. The maximum atomic E-state index is 6.39. The van der Waals surface area contributed by atoms with Crippen molar-refractivity contribution in [1.29, 1.82) is 0 Å². The molecule has 0 unspecified atom stereocenters. The van der Waals surface area contributed by atoms with Crippen LogP contribution in [0.4, 0.5) is 17.1 Å². The molecule has 0 saturated carbocycles. The Balaban J connectivity index is 1.15. The summed E-state index contributed by atoms with van der Waals surface area (Å²) in [6.07, 6.45) is 0. The van der Waals surface area contributed by atoms with Crippen LogP contribution in [0.3, 0.4) is 0 Å². The Kier molecular flexibility index (Phi) is 6.33. The van der Waals surface area contributed by atoms with E-state index in [1.165, 1.54) is 71.1 Å². The molecule has 10 aromatic rings. The van der Waals surface area contributed by atoms with Gasteiger partial charge in [-0.1, -0.05) is 135 Å². The molecule has 2 nitrogen and oxygen atoms in total. The van der Waals surface area contributed by atoms with Gasteiger partial charge in [-0.3, -0.25) is 0 Å². The fourth-order valence-electron chi connectivity index (χ4n) is 9.17. The smallest absolute Gasteiger partial charge is 0.136 e. The van der Waals surface area contributed by atoms with Gasteiger partial charge in [0.1, 0.15) is 11.2 Å². The van der Waals surface area contributed by atoms with E-state index in [4.69, 9.17) is 4.42 Å². The molecule has 1 aromatic heterocycles. The SMILES string of the molecule is CC1(C)c2ccccc2-c2ccc(N(c3ccccc3)c3ccccc3-c3ccc4c5ccccc5c5c(ccc6oc7ccccc7c65)c4c3)cc21. The standard InChI is InChI=1S/C51H35NO/c1-51(2)44-21-11-8-18-38(44)39-27-25-34(31-45(39)51)52(33-14-4-3-5-15-33)46-22-12-9-16-35(46)32-24-26-37-36-17-6-7-19-40(36)49-41(43(37)30-32)28-29-48-50(49)42-20-10-13-23-47(42)53-48/h3-31H,1-2H3. The maximum absolute atomic E-state index is 6.39. The third-order valence-electron chi connectivity index (χ3n) is 11.6. The number of hydrogen-bond acceptors (Lipinski definition) is 2. The Hall–Kier alpha value is -6.64. The van der Waals surface area contributed by atoms with Crippen LogP contribution in [0.2, 0.25) is 0 Å². The number of hydrogen-bond donors (Lipinski definition) is 0. The van der Waals surface area contributed by atoms with Crippen molar-refractivity contribution in [3.63, 3.8) is 0 Å². The minimum absolute atomic E-state index is 0.0995. The van der Waals surface area contributed by atoms with E-state index in [0.29, 0.717) is 0 Å². The molecule has 0 bridgehead atoms. The van der Waals surface area contributed by atoms with Gasteiger partial charge in [-0.2, -0.15) is 0 Å². The van der Waals surface area contributed by atoms with E-state index < -0.39 is 0 Å². The minimum Gasteiger partial charge on any atom is -0.456 e. The predicted octanol–water partition coefficient (Wildman–Crippen LogP) is 14.5. The van der Waals surface area contributed by atoms with E-state index in [0.717, 1.165) is 33.6 Å². The quantitative estimate of drug-likeness (QED) is 0.172. The highest BCUT2D eigenvalue weighted by atomic mass is 16.3. The van der Waals surface area contributed by atoms with Crippen LogP contribution in [0.15, 0.2) is 180 Å². The van der Waals surface area contributed by atoms with Gasteiger partial charge in [-0.05, 0) is 109 Å². The van der Waals surface area contributed by atoms with Crippen LogP contribution >= 0.6 is 0 Å². The van der Waals surface area contributed by atoms with E-state index in [2.05, 4.69) is 189 Å². The first-order valence-corrected chi connectivity index (χ1v) is 18.4. The summed E-state index contributed by atoms with van der Waals surface area (Å²) in [4.78, 5) is 2.43. The summed E-state index contributed by atoms with van der Waals surface area (Å²) < 4.78 is 6.39.